The Morgan fingerprint density at radius 2 is 2.00 bits per heavy atom. The van der Waals surface area contributed by atoms with Gasteiger partial charge in [0.25, 0.3) is 0 Å². The van der Waals surface area contributed by atoms with E-state index in [1.54, 1.807) is 0 Å². The van der Waals surface area contributed by atoms with Crippen LogP contribution < -0.4 is 5.32 Å². The van der Waals surface area contributed by atoms with Crippen LogP contribution in [0.15, 0.2) is 0 Å². The SMILES string of the molecule is CCCCCCCC(=O)N1CCCCC1CNC. The first kappa shape index (κ1) is 15.5. The lowest BCUT2D eigenvalue weighted by Gasteiger charge is -2.36. The van der Waals surface area contributed by atoms with E-state index in [1.165, 1.54) is 44.9 Å². The fourth-order valence-corrected chi connectivity index (χ4v) is 2.80. The summed E-state index contributed by atoms with van der Waals surface area (Å²) in [4.78, 5) is 14.3. The number of carbonyl (C=O) groups is 1. The number of amides is 1. The molecule has 1 unspecified atom stereocenters. The number of unbranched alkanes of at least 4 members (excludes halogenated alkanes) is 4. The molecule has 1 N–H and O–H groups in total. The minimum atomic E-state index is 0.381. The number of hydrogen-bond donors (Lipinski definition) is 1. The summed E-state index contributed by atoms with van der Waals surface area (Å²) in [5.41, 5.74) is 0. The summed E-state index contributed by atoms with van der Waals surface area (Å²) in [5.74, 6) is 0.381. The van der Waals surface area contributed by atoms with E-state index in [0.717, 1.165) is 25.9 Å². The molecule has 0 spiro atoms. The molecule has 1 rings (SSSR count). The Hall–Kier alpha value is -0.570. The van der Waals surface area contributed by atoms with Crippen molar-refractivity contribution in [2.75, 3.05) is 20.1 Å². The molecule has 1 heterocycles. The van der Waals surface area contributed by atoms with Crippen LogP contribution in [0.2, 0.25) is 0 Å². The van der Waals surface area contributed by atoms with E-state index in [-0.39, 0.29) is 0 Å². The molecule has 0 radical (unpaired) electrons. The number of nitrogens with zero attached hydrogens (tertiary/aromatic N) is 1. The van der Waals surface area contributed by atoms with Crippen LogP contribution in [0, 0.1) is 0 Å². The van der Waals surface area contributed by atoms with Gasteiger partial charge in [0, 0.05) is 25.6 Å². The summed E-state index contributed by atoms with van der Waals surface area (Å²) >= 11 is 0. The lowest BCUT2D eigenvalue weighted by molar-refractivity contribution is -0.134. The van der Waals surface area contributed by atoms with Gasteiger partial charge in [-0.2, -0.15) is 0 Å². The quantitative estimate of drug-likeness (QED) is 0.675. The molecule has 1 atom stereocenters. The van der Waals surface area contributed by atoms with Crippen molar-refractivity contribution < 1.29 is 4.79 Å². The molecule has 3 nitrogen and oxygen atoms in total. The highest BCUT2D eigenvalue weighted by molar-refractivity contribution is 5.76. The van der Waals surface area contributed by atoms with Gasteiger partial charge in [-0.25, -0.2) is 0 Å². The van der Waals surface area contributed by atoms with Crippen LogP contribution in [0.25, 0.3) is 0 Å². The highest BCUT2D eigenvalue weighted by Crippen LogP contribution is 2.18. The fraction of sp³-hybridized carbons (Fsp3) is 0.933. The monoisotopic (exact) mass is 254 g/mol. The third kappa shape index (κ3) is 5.38. The molecule has 1 fully saturated rings. The van der Waals surface area contributed by atoms with Crippen molar-refractivity contribution in [3.05, 3.63) is 0 Å². The number of rotatable bonds is 8. The number of likely N-dealkylation sites (tertiary alicyclic amines) is 1. The Morgan fingerprint density at radius 3 is 2.72 bits per heavy atom. The number of likely N-dealkylation sites (N-methyl/N-ethyl adjacent to an activating group) is 1. The average molecular weight is 254 g/mol. The van der Waals surface area contributed by atoms with E-state index in [4.69, 9.17) is 0 Å². The molecular formula is C15H30N2O. The third-order valence-corrected chi connectivity index (χ3v) is 3.88. The maximum atomic E-state index is 12.2. The Balaban J connectivity index is 2.25. The van der Waals surface area contributed by atoms with Gasteiger partial charge < -0.3 is 10.2 Å². The molecule has 0 saturated carbocycles. The van der Waals surface area contributed by atoms with E-state index in [2.05, 4.69) is 17.1 Å². The Labute approximate surface area is 112 Å². The normalized spacial score (nSPS) is 20.1. The molecule has 3 heteroatoms. The first-order valence-corrected chi connectivity index (χ1v) is 7.73. The van der Waals surface area contributed by atoms with Gasteiger partial charge in [-0.05, 0) is 32.7 Å². The smallest absolute Gasteiger partial charge is 0.222 e. The van der Waals surface area contributed by atoms with Crippen LogP contribution in [0.4, 0.5) is 0 Å². The van der Waals surface area contributed by atoms with Crippen molar-refractivity contribution >= 4 is 5.91 Å². The predicted molar refractivity (Wildman–Crippen MR) is 76.7 cm³/mol. The minimum absolute atomic E-state index is 0.381. The van der Waals surface area contributed by atoms with E-state index in [0.29, 0.717) is 11.9 Å². The fourth-order valence-electron chi connectivity index (χ4n) is 2.80. The second kappa shape index (κ2) is 9.37. The molecule has 1 aliphatic heterocycles. The molecule has 106 valence electrons. The van der Waals surface area contributed by atoms with Crippen LogP contribution in [0.3, 0.4) is 0 Å². The Bertz CT molecular complexity index is 229. The van der Waals surface area contributed by atoms with Crippen molar-refractivity contribution in [3.8, 4) is 0 Å². The summed E-state index contributed by atoms with van der Waals surface area (Å²) < 4.78 is 0. The summed E-state index contributed by atoms with van der Waals surface area (Å²) in [6.45, 7) is 4.14. The van der Waals surface area contributed by atoms with Crippen molar-refractivity contribution in [1.82, 2.24) is 10.2 Å². The van der Waals surface area contributed by atoms with Gasteiger partial charge in [-0.1, -0.05) is 32.6 Å². The Kier molecular flexibility index (Phi) is 8.06. The second-order valence-electron chi connectivity index (χ2n) is 5.46. The molecule has 1 amide bonds. The number of piperidine rings is 1. The standard InChI is InChI=1S/C15H30N2O/c1-3-4-5-6-7-11-15(18)17-12-9-8-10-14(17)13-16-2/h14,16H,3-13H2,1-2H3. The van der Waals surface area contributed by atoms with Crippen LogP contribution in [0.5, 0.6) is 0 Å². The predicted octanol–water partition coefficient (Wildman–Crippen LogP) is 2.95. The van der Waals surface area contributed by atoms with Crippen molar-refractivity contribution in [2.24, 2.45) is 0 Å². The molecule has 0 aromatic carbocycles. The molecular weight excluding hydrogens is 224 g/mol. The lowest BCUT2D eigenvalue weighted by atomic mass is 10.0. The third-order valence-electron chi connectivity index (χ3n) is 3.88. The maximum absolute atomic E-state index is 12.2. The molecule has 0 aliphatic carbocycles. The molecule has 18 heavy (non-hydrogen) atoms. The van der Waals surface area contributed by atoms with Gasteiger partial charge in [0.2, 0.25) is 5.91 Å². The molecule has 1 saturated heterocycles. The van der Waals surface area contributed by atoms with Gasteiger partial charge >= 0.3 is 0 Å². The van der Waals surface area contributed by atoms with E-state index in [9.17, 15) is 4.79 Å². The van der Waals surface area contributed by atoms with Crippen molar-refractivity contribution in [2.45, 2.75) is 70.8 Å². The second-order valence-corrected chi connectivity index (χ2v) is 5.46. The summed E-state index contributed by atoms with van der Waals surface area (Å²) in [5, 5.41) is 3.21. The zero-order valence-corrected chi connectivity index (χ0v) is 12.2. The first-order valence-electron chi connectivity index (χ1n) is 7.73. The largest absolute Gasteiger partial charge is 0.338 e. The van der Waals surface area contributed by atoms with Crippen molar-refractivity contribution in [1.29, 1.82) is 0 Å². The summed E-state index contributed by atoms with van der Waals surface area (Å²) in [7, 11) is 1.97. The topological polar surface area (TPSA) is 32.3 Å². The van der Waals surface area contributed by atoms with Crippen LogP contribution in [0.1, 0.15) is 64.7 Å². The zero-order valence-electron chi connectivity index (χ0n) is 12.2. The van der Waals surface area contributed by atoms with Gasteiger partial charge in [-0.3, -0.25) is 4.79 Å². The molecule has 0 aromatic heterocycles. The number of hydrogen-bond acceptors (Lipinski definition) is 2. The number of nitrogens with one attached hydrogen (secondary N) is 1. The van der Waals surface area contributed by atoms with Gasteiger partial charge in [0.05, 0.1) is 0 Å². The maximum Gasteiger partial charge on any atom is 0.222 e. The minimum Gasteiger partial charge on any atom is -0.338 e. The van der Waals surface area contributed by atoms with Crippen LogP contribution >= 0.6 is 0 Å². The van der Waals surface area contributed by atoms with Crippen LogP contribution in [-0.2, 0) is 4.79 Å². The first-order chi connectivity index (χ1) is 8.79. The Morgan fingerprint density at radius 1 is 1.22 bits per heavy atom. The average Bonchev–Trinajstić information content (AvgIpc) is 2.39. The van der Waals surface area contributed by atoms with E-state index in [1.807, 2.05) is 7.05 Å². The van der Waals surface area contributed by atoms with E-state index >= 15 is 0 Å². The van der Waals surface area contributed by atoms with Crippen LogP contribution in [-0.4, -0.2) is 37.0 Å². The number of carbonyl (C=O) groups excluding carboxylic acids is 1. The molecule has 1 aliphatic rings. The van der Waals surface area contributed by atoms with Gasteiger partial charge in [-0.15, -0.1) is 0 Å². The lowest BCUT2D eigenvalue weighted by Crippen LogP contribution is -2.47. The highest BCUT2D eigenvalue weighted by atomic mass is 16.2. The molecule has 0 aromatic rings. The summed E-state index contributed by atoms with van der Waals surface area (Å²) in [6.07, 6.45) is 10.5. The summed E-state index contributed by atoms with van der Waals surface area (Å²) in [6, 6.07) is 0.437. The van der Waals surface area contributed by atoms with E-state index < -0.39 is 0 Å². The van der Waals surface area contributed by atoms with Crippen molar-refractivity contribution in [3.63, 3.8) is 0 Å². The highest BCUT2D eigenvalue weighted by Gasteiger charge is 2.25. The van der Waals surface area contributed by atoms with Gasteiger partial charge in [0.15, 0.2) is 0 Å². The zero-order chi connectivity index (χ0) is 13.2. The van der Waals surface area contributed by atoms with Gasteiger partial charge in [0.1, 0.15) is 0 Å². The molecule has 0 bridgehead atoms.